The second-order valence-electron chi connectivity index (χ2n) is 3.56. The molecule has 0 spiro atoms. The normalized spacial score (nSPS) is 11.9. The molecule has 1 aliphatic rings. The van der Waals surface area contributed by atoms with Crippen molar-refractivity contribution in [3.8, 4) is 11.5 Å². The highest BCUT2D eigenvalue weighted by Gasteiger charge is 2.12. The van der Waals surface area contributed by atoms with Crippen LogP contribution in [-0.2, 0) is 0 Å². The molecule has 0 saturated carbocycles. The van der Waals surface area contributed by atoms with Gasteiger partial charge in [-0.2, -0.15) is 0 Å². The van der Waals surface area contributed by atoms with Crippen molar-refractivity contribution < 1.29 is 9.47 Å². The summed E-state index contributed by atoms with van der Waals surface area (Å²) in [6, 6.07) is 6.15. The van der Waals surface area contributed by atoms with Crippen LogP contribution in [-0.4, -0.2) is 13.2 Å². The smallest absolute Gasteiger partial charge is 0.161 e. The molecule has 1 heterocycles. The van der Waals surface area contributed by atoms with E-state index in [1.54, 1.807) is 0 Å². The Labute approximate surface area is 99.4 Å². The van der Waals surface area contributed by atoms with Crippen LogP contribution in [0.25, 0.3) is 0 Å². The van der Waals surface area contributed by atoms with Crippen LogP contribution in [0.1, 0.15) is 40.2 Å². The van der Waals surface area contributed by atoms with Crippen molar-refractivity contribution in [2.24, 2.45) is 0 Å². The number of fused-ring (bicyclic) bond motifs is 1. The van der Waals surface area contributed by atoms with Crippen LogP contribution in [0.15, 0.2) is 18.2 Å². The number of hydrogen-bond donors (Lipinski definition) is 1. The van der Waals surface area contributed by atoms with E-state index in [-0.39, 0.29) is 21.0 Å². The summed E-state index contributed by atoms with van der Waals surface area (Å²) in [5.74, 6) is 2.30. The lowest BCUT2D eigenvalue weighted by Crippen LogP contribution is -2.15. The molecule has 3 N–H and O–H groups in total. The lowest BCUT2D eigenvalue weighted by molar-refractivity contribution is 0.171. The summed E-state index contributed by atoms with van der Waals surface area (Å²) in [4.78, 5) is 0. The van der Waals surface area contributed by atoms with Crippen LogP contribution >= 0.6 is 0 Å². The number of hydrogen-bond acceptors (Lipinski definition) is 3. The van der Waals surface area contributed by atoms with Gasteiger partial charge in [0, 0.05) is 0 Å². The van der Waals surface area contributed by atoms with Gasteiger partial charge in [0.05, 0.1) is 0 Å². The van der Waals surface area contributed by atoms with Gasteiger partial charge in [0.15, 0.2) is 11.5 Å². The van der Waals surface area contributed by atoms with Crippen molar-refractivity contribution in [3.63, 3.8) is 0 Å². The van der Waals surface area contributed by atoms with Gasteiger partial charge in [-0.25, -0.2) is 0 Å². The van der Waals surface area contributed by atoms with E-state index >= 15 is 0 Å². The van der Waals surface area contributed by atoms with Gasteiger partial charge >= 0.3 is 0 Å². The largest absolute Gasteiger partial charge is 0.486 e. The first kappa shape index (κ1) is 17.2. The van der Waals surface area contributed by atoms with Gasteiger partial charge in [0.25, 0.3) is 0 Å². The Morgan fingerprint density at radius 2 is 1.56 bits per heavy atom. The molecule has 0 saturated heterocycles. The molecule has 0 radical (unpaired) electrons. The van der Waals surface area contributed by atoms with Crippen LogP contribution in [0, 0.1) is 0 Å². The molecule has 3 heteroatoms. The molecule has 0 fully saturated rings. The highest BCUT2D eigenvalue weighted by atomic mass is 16.6. The average molecular weight is 227 g/mol. The van der Waals surface area contributed by atoms with Crippen LogP contribution < -0.4 is 15.6 Å². The number of rotatable bonds is 1. The van der Waals surface area contributed by atoms with Gasteiger partial charge in [-0.05, 0) is 23.6 Å². The predicted octanol–water partition coefficient (Wildman–Crippen LogP) is 4.02. The summed E-state index contributed by atoms with van der Waals surface area (Å²) in [5, 5.41) is 0. The summed E-state index contributed by atoms with van der Waals surface area (Å²) in [6.07, 6.45) is 0. The third-order valence-corrected chi connectivity index (χ3v) is 2.23. The maximum atomic E-state index is 5.49. The molecule has 0 aromatic heterocycles. The highest BCUT2D eigenvalue weighted by molar-refractivity contribution is 5.44. The van der Waals surface area contributed by atoms with Crippen molar-refractivity contribution in [1.82, 2.24) is 6.15 Å². The van der Waals surface area contributed by atoms with E-state index in [0.717, 1.165) is 11.5 Å². The Kier molecular flexibility index (Phi) is 7.65. The second kappa shape index (κ2) is 7.12. The van der Waals surface area contributed by atoms with Crippen LogP contribution in [0.5, 0.6) is 11.5 Å². The van der Waals surface area contributed by atoms with Gasteiger partial charge in [-0.15, -0.1) is 0 Å². The Balaban J connectivity index is 0. The molecule has 1 aromatic carbocycles. The van der Waals surface area contributed by atoms with E-state index < -0.39 is 0 Å². The first-order valence-electron chi connectivity index (χ1n) is 4.67. The molecule has 1 aliphatic heterocycles. The van der Waals surface area contributed by atoms with E-state index in [9.17, 15) is 0 Å². The monoisotopic (exact) mass is 227 g/mol. The summed E-state index contributed by atoms with van der Waals surface area (Å²) >= 11 is 0. The van der Waals surface area contributed by atoms with E-state index in [1.165, 1.54) is 5.56 Å². The molecule has 0 aliphatic carbocycles. The molecule has 0 amide bonds. The highest BCUT2D eigenvalue weighted by Crippen LogP contribution is 2.32. The first-order valence-corrected chi connectivity index (χ1v) is 4.67. The molecule has 0 unspecified atom stereocenters. The quantitative estimate of drug-likeness (QED) is 0.788. The SMILES string of the molecule is C.C.CC(C)c1ccc2c(c1)OCCO2.N. The minimum atomic E-state index is 0. The van der Waals surface area contributed by atoms with Crippen LogP contribution in [0.2, 0.25) is 0 Å². The lowest BCUT2D eigenvalue weighted by atomic mass is 10.0. The summed E-state index contributed by atoms with van der Waals surface area (Å²) < 4.78 is 10.9. The topological polar surface area (TPSA) is 53.5 Å². The molecule has 94 valence electrons. The van der Waals surface area contributed by atoms with Gasteiger partial charge < -0.3 is 15.6 Å². The molecule has 0 bridgehead atoms. The molecule has 16 heavy (non-hydrogen) atoms. The lowest BCUT2D eigenvalue weighted by Gasteiger charge is -2.19. The fourth-order valence-corrected chi connectivity index (χ4v) is 1.42. The summed E-state index contributed by atoms with van der Waals surface area (Å²) in [5.41, 5.74) is 1.30. The third-order valence-electron chi connectivity index (χ3n) is 2.23. The van der Waals surface area contributed by atoms with E-state index in [1.807, 2.05) is 6.07 Å². The fourth-order valence-electron chi connectivity index (χ4n) is 1.42. The molecule has 0 atom stereocenters. The Morgan fingerprint density at radius 3 is 2.12 bits per heavy atom. The standard InChI is InChI=1S/C11H14O2.2CH4.H3N/c1-8(2)9-3-4-10-11(7-9)13-6-5-12-10;;;/h3-4,7-8H,5-6H2,1-2H3;2*1H4;1H3. The van der Waals surface area contributed by atoms with Crippen molar-refractivity contribution in [3.05, 3.63) is 23.8 Å². The molecule has 1 aromatic rings. The molecular weight excluding hydrogens is 202 g/mol. The maximum Gasteiger partial charge on any atom is 0.161 e. The van der Waals surface area contributed by atoms with Gasteiger partial charge in [-0.1, -0.05) is 34.8 Å². The van der Waals surface area contributed by atoms with Gasteiger partial charge in [0.1, 0.15) is 13.2 Å². The maximum absolute atomic E-state index is 5.49. The van der Waals surface area contributed by atoms with Crippen molar-refractivity contribution in [1.29, 1.82) is 0 Å². The minimum Gasteiger partial charge on any atom is -0.486 e. The van der Waals surface area contributed by atoms with E-state index in [4.69, 9.17) is 9.47 Å². The molecular formula is C13H25NO2. The van der Waals surface area contributed by atoms with Crippen molar-refractivity contribution >= 4 is 0 Å². The third kappa shape index (κ3) is 3.42. The van der Waals surface area contributed by atoms with Crippen LogP contribution in [0.3, 0.4) is 0 Å². The van der Waals surface area contributed by atoms with E-state index in [2.05, 4.69) is 26.0 Å². The Hall–Kier alpha value is -1.22. The Morgan fingerprint density at radius 1 is 1.00 bits per heavy atom. The zero-order chi connectivity index (χ0) is 9.26. The van der Waals surface area contributed by atoms with Crippen molar-refractivity contribution in [2.75, 3.05) is 13.2 Å². The zero-order valence-corrected chi connectivity index (χ0v) is 8.75. The zero-order valence-electron chi connectivity index (χ0n) is 8.75. The minimum absolute atomic E-state index is 0. The summed E-state index contributed by atoms with van der Waals surface area (Å²) in [7, 11) is 0. The fraction of sp³-hybridized carbons (Fsp3) is 0.538. The van der Waals surface area contributed by atoms with E-state index in [0.29, 0.717) is 19.1 Å². The van der Waals surface area contributed by atoms with Crippen LogP contribution in [0.4, 0.5) is 0 Å². The summed E-state index contributed by atoms with van der Waals surface area (Å²) in [6.45, 7) is 5.67. The molecule has 2 rings (SSSR count). The Bertz CT molecular complexity index is 311. The average Bonchev–Trinajstić information content (AvgIpc) is 2.17. The van der Waals surface area contributed by atoms with Gasteiger partial charge in [-0.3, -0.25) is 0 Å². The first-order chi connectivity index (χ1) is 6.27. The predicted molar refractivity (Wildman–Crippen MR) is 70.0 cm³/mol. The second-order valence-corrected chi connectivity index (χ2v) is 3.56. The van der Waals surface area contributed by atoms with Crippen molar-refractivity contribution in [2.45, 2.75) is 34.6 Å². The molecule has 3 nitrogen and oxygen atoms in total. The number of benzene rings is 1. The van der Waals surface area contributed by atoms with Gasteiger partial charge in [0.2, 0.25) is 0 Å². The number of ether oxygens (including phenoxy) is 2.